The Morgan fingerprint density at radius 2 is 1.67 bits per heavy atom. The van der Waals surface area contributed by atoms with Gasteiger partial charge in [0.2, 0.25) is 6.41 Å². The summed E-state index contributed by atoms with van der Waals surface area (Å²) in [6, 6.07) is 12.4. The third-order valence-corrected chi connectivity index (χ3v) is 5.94. The summed E-state index contributed by atoms with van der Waals surface area (Å²) in [7, 11) is 0. The number of carbonyl (C=O) groups excluding carboxylic acids is 1. The van der Waals surface area contributed by atoms with Crippen LogP contribution in [0.25, 0.3) is 0 Å². The smallest absolute Gasteiger partial charge is 0.461 e. The topological polar surface area (TPSA) is 47.6 Å². The number of rotatable bonds is 11. The van der Waals surface area contributed by atoms with Gasteiger partial charge in [-0.3, -0.25) is 4.79 Å². The Morgan fingerprint density at radius 1 is 1.05 bits per heavy atom. The number of hydrogen-bond donors (Lipinski definition) is 1. The molecule has 2 aromatic carbocycles. The van der Waals surface area contributed by atoms with E-state index in [0.717, 1.165) is 19.1 Å². The van der Waals surface area contributed by atoms with E-state index in [2.05, 4.69) is 10.1 Å². The summed E-state index contributed by atoms with van der Waals surface area (Å²) in [5.74, 6) is -1.65. The molecule has 3 rings (SSSR count). The van der Waals surface area contributed by atoms with Crippen LogP contribution in [0.2, 0.25) is 0 Å². The normalized spacial score (nSPS) is 17.0. The number of benzene rings is 2. The lowest BCUT2D eigenvalue weighted by Gasteiger charge is -2.39. The molecular formula is C29H30F9NO3. The fraction of sp³-hybridized carbons (Fsp3) is 0.414. The van der Waals surface area contributed by atoms with Gasteiger partial charge in [0.1, 0.15) is 11.9 Å². The van der Waals surface area contributed by atoms with Crippen LogP contribution >= 0.6 is 0 Å². The maximum absolute atomic E-state index is 14.8. The summed E-state index contributed by atoms with van der Waals surface area (Å²) in [6.07, 6.45) is -14.4. The number of amides is 1. The van der Waals surface area contributed by atoms with Crippen molar-refractivity contribution < 1.29 is 53.8 Å². The highest BCUT2D eigenvalue weighted by Gasteiger charge is 2.46. The summed E-state index contributed by atoms with van der Waals surface area (Å²) in [5, 5.41) is 2.65. The molecule has 2 aromatic rings. The summed E-state index contributed by atoms with van der Waals surface area (Å²) >= 11 is 0. The lowest BCUT2D eigenvalue weighted by atomic mass is 9.74. The molecule has 0 fully saturated rings. The molecule has 1 unspecified atom stereocenters. The van der Waals surface area contributed by atoms with Crippen molar-refractivity contribution in [3.63, 3.8) is 0 Å². The molecule has 4 nitrogen and oxygen atoms in total. The van der Waals surface area contributed by atoms with Crippen LogP contribution in [0.1, 0.15) is 44.7 Å². The number of hydrogen-bond acceptors (Lipinski definition) is 3. The second kappa shape index (κ2) is 14.5. The van der Waals surface area contributed by atoms with Crippen molar-refractivity contribution in [2.75, 3.05) is 0 Å². The van der Waals surface area contributed by atoms with Gasteiger partial charge in [0.25, 0.3) is 0 Å². The van der Waals surface area contributed by atoms with E-state index in [4.69, 9.17) is 4.74 Å². The average Bonchev–Trinajstić information content (AvgIpc) is 2.89. The fourth-order valence-electron chi connectivity index (χ4n) is 4.03. The van der Waals surface area contributed by atoms with E-state index in [1.165, 1.54) is 12.1 Å². The van der Waals surface area contributed by atoms with Crippen LogP contribution in [0.15, 0.2) is 72.0 Å². The van der Waals surface area contributed by atoms with E-state index in [1.807, 2.05) is 0 Å². The van der Waals surface area contributed by atoms with Gasteiger partial charge in [-0.2, -0.15) is 30.7 Å². The molecule has 0 bridgehead atoms. The summed E-state index contributed by atoms with van der Waals surface area (Å²) in [6.45, 7) is 4.45. The monoisotopic (exact) mass is 611 g/mol. The van der Waals surface area contributed by atoms with E-state index in [9.17, 15) is 44.3 Å². The van der Waals surface area contributed by atoms with E-state index >= 15 is 0 Å². The van der Waals surface area contributed by atoms with Gasteiger partial charge in [-0.1, -0.05) is 43.3 Å². The van der Waals surface area contributed by atoms with Crippen molar-refractivity contribution in [1.82, 2.24) is 5.32 Å². The van der Waals surface area contributed by atoms with Crippen molar-refractivity contribution >= 4 is 6.41 Å². The van der Waals surface area contributed by atoms with Crippen LogP contribution in [0.3, 0.4) is 0 Å². The second-order valence-corrected chi connectivity index (χ2v) is 9.53. The standard InChI is InChI=1S/C26H25F6NO3.C3H5F3/c1-16(2)35-23-12-18(8-9-22(23)28)25(33-15-34,14-17-6-4-3-5-7-17)19-10-20(27)13-21(11-19)36-26(31,32)24(29)30;1-2-3(4,5)6/h3-9,11-13,15-16,20,24H,10,14H2,1-2H3,(H,33,34);2H2,1H3/t20?,25-;/m1./s1. The zero-order valence-electron chi connectivity index (χ0n) is 22.8. The molecule has 232 valence electrons. The van der Waals surface area contributed by atoms with Gasteiger partial charge in [0.05, 0.1) is 11.6 Å². The molecule has 1 aliphatic rings. The highest BCUT2D eigenvalue weighted by Crippen LogP contribution is 2.42. The van der Waals surface area contributed by atoms with Crippen molar-refractivity contribution in [2.24, 2.45) is 0 Å². The van der Waals surface area contributed by atoms with E-state index in [0.29, 0.717) is 18.0 Å². The predicted molar refractivity (Wildman–Crippen MR) is 137 cm³/mol. The molecule has 0 heterocycles. The number of nitrogens with one attached hydrogen (secondary N) is 1. The van der Waals surface area contributed by atoms with Crippen LogP contribution in [0.4, 0.5) is 39.5 Å². The zero-order valence-corrected chi connectivity index (χ0v) is 22.8. The van der Waals surface area contributed by atoms with Crippen LogP contribution in [-0.4, -0.2) is 37.4 Å². The predicted octanol–water partition coefficient (Wildman–Crippen LogP) is 8.18. The third-order valence-electron chi connectivity index (χ3n) is 5.94. The van der Waals surface area contributed by atoms with Crippen molar-refractivity contribution in [3.05, 3.63) is 89.0 Å². The largest absolute Gasteiger partial charge is 0.488 e. The Bertz CT molecular complexity index is 1230. The highest BCUT2D eigenvalue weighted by molar-refractivity contribution is 5.56. The molecule has 0 saturated carbocycles. The number of alkyl halides is 8. The van der Waals surface area contributed by atoms with Crippen molar-refractivity contribution in [2.45, 2.75) is 76.6 Å². The molecule has 0 radical (unpaired) electrons. The number of allylic oxidation sites excluding steroid dienone is 2. The second-order valence-electron chi connectivity index (χ2n) is 9.53. The van der Waals surface area contributed by atoms with Gasteiger partial charge in [-0.15, -0.1) is 0 Å². The van der Waals surface area contributed by atoms with E-state index in [1.54, 1.807) is 44.2 Å². The molecule has 2 atom stereocenters. The maximum atomic E-state index is 14.8. The quantitative estimate of drug-likeness (QED) is 0.206. The molecule has 1 N–H and O–H groups in total. The van der Waals surface area contributed by atoms with Crippen LogP contribution in [-0.2, 0) is 21.5 Å². The molecule has 1 amide bonds. The van der Waals surface area contributed by atoms with Gasteiger partial charge in [-0.25, -0.2) is 8.78 Å². The van der Waals surface area contributed by atoms with Crippen LogP contribution < -0.4 is 10.1 Å². The summed E-state index contributed by atoms with van der Waals surface area (Å²) in [5.41, 5.74) is -0.612. The lowest BCUT2D eigenvalue weighted by Crippen LogP contribution is -2.46. The average molecular weight is 612 g/mol. The minimum Gasteiger partial charge on any atom is -0.488 e. The van der Waals surface area contributed by atoms with Gasteiger partial charge < -0.3 is 14.8 Å². The molecule has 13 heteroatoms. The van der Waals surface area contributed by atoms with Gasteiger partial charge in [-0.05, 0) is 54.8 Å². The van der Waals surface area contributed by atoms with Crippen molar-refractivity contribution in [3.8, 4) is 5.75 Å². The van der Waals surface area contributed by atoms with Crippen LogP contribution in [0, 0.1) is 5.82 Å². The van der Waals surface area contributed by atoms with Crippen LogP contribution in [0.5, 0.6) is 5.75 Å². The summed E-state index contributed by atoms with van der Waals surface area (Å²) in [4.78, 5) is 11.8. The van der Waals surface area contributed by atoms with Gasteiger partial charge >= 0.3 is 18.7 Å². The lowest BCUT2D eigenvalue weighted by molar-refractivity contribution is -0.280. The highest BCUT2D eigenvalue weighted by atomic mass is 19.4. The first-order valence-electron chi connectivity index (χ1n) is 12.7. The first-order valence-corrected chi connectivity index (χ1v) is 12.7. The van der Waals surface area contributed by atoms with Crippen molar-refractivity contribution in [1.29, 1.82) is 0 Å². The minimum atomic E-state index is -4.86. The number of carbonyl (C=O) groups is 1. The molecule has 1 aliphatic carbocycles. The number of ether oxygens (including phenoxy) is 2. The molecular weight excluding hydrogens is 581 g/mol. The molecule has 0 saturated heterocycles. The Hall–Kier alpha value is -3.64. The minimum absolute atomic E-state index is 0.00357. The van der Waals surface area contributed by atoms with E-state index in [-0.39, 0.29) is 29.7 Å². The maximum Gasteiger partial charge on any atom is 0.461 e. The third kappa shape index (κ3) is 9.73. The van der Waals surface area contributed by atoms with Gasteiger partial charge in [0, 0.05) is 19.3 Å². The first kappa shape index (κ1) is 34.6. The zero-order chi connectivity index (χ0) is 31.7. The molecule has 0 spiro atoms. The summed E-state index contributed by atoms with van der Waals surface area (Å²) < 4.78 is 124. The Balaban J connectivity index is 0.000000928. The molecule has 0 aromatic heterocycles. The fourth-order valence-corrected chi connectivity index (χ4v) is 4.03. The molecule has 0 aliphatic heterocycles. The molecule has 42 heavy (non-hydrogen) atoms. The Kier molecular flexibility index (Phi) is 11.9. The van der Waals surface area contributed by atoms with Gasteiger partial charge in [0.15, 0.2) is 11.6 Å². The first-order chi connectivity index (χ1) is 19.5. The van der Waals surface area contributed by atoms with E-state index < -0.39 is 54.5 Å². The Labute approximate surface area is 237 Å². The SMILES string of the molecule is CC(C)Oc1cc([C@@](Cc2ccccc2)(NC=O)C2=CC(OC(F)(F)C(F)F)=CC(F)C2)ccc1F.CCC(F)(F)F. The Morgan fingerprint density at radius 3 is 2.19 bits per heavy atom. The number of halogens is 9.